The molecule has 0 aliphatic heterocycles. The molecular weight excluding hydrogens is 234 g/mol. The maximum atomic E-state index is 4.39. The highest BCUT2D eigenvalue weighted by atomic mass is 15.3. The van der Waals surface area contributed by atoms with E-state index in [1.165, 1.54) is 11.1 Å². The quantitative estimate of drug-likeness (QED) is 0.896. The van der Waals surface area contributed by atoms with Crippen molar-refractivity contribution in [3.8, 4) is 0 Å². The van der Waals surface area contributed by atoms with E-state index in [9.17, 15) is 0 Å². The van der Waals surface area contributed by atoms with E-state index in [1.54, 1.807) is 0 Å². The van der Waals surface area contributed by atoms with Gasteiger partial charge in [0.1, 0.15) is 0 Å². The highest BCUT2D eigenvalue weighted by Crippen LogP contribution is 2.23. The largest absolute Gasteiger partial charge is 0.378 e. The number of hydrogen-bond acceptors (Lipinski definition) is 2. The Kier molecular flexibility index (Phi) is 3.93. The smallest absolute Gasteiger partial charge is 0.0646 e. The molecule has 0 saturated carbocycles. The predicted molar refractivity (Wildman–Crippen MR) is 80.5 cm³/mol. The third kappa shape index (κ3) is 3.16. The summed E-state index contributed by atoms with van der Waals surface area (Å²) in [6, 6.07) is 8.94. The minimum absolute atomic E-state index is 0.263. The normalized spacial score (nSPS) is 12.7. The number of hydrogen-bond donors (Lipinski definition) is 1. The maximum absolute atomic E-state index is 4.39. The van der Waals surface area contributed by atoms with Gasteiger partial charge < -0.3 is 5.32 Å². The first kappa shape index (κ1) is 13.7. The Morgan fingerprint density at radius 2 is 1.74 bits per heavy atom. The van der Waals surface area contributed by atoms with Crippen molar-refractivity contribution in [1.29, 1.82) is 0 Å². The molecule has 3 heteroatoms. The van der Waals surface area contributed by atoms with Gasteiger partial charge in [0.25, 0.3) is 0 Å². The fourth-order valence-electron chi connectivity index (χ4n) is 2.34. The van der Waals surface area contributed by atoms with Crippen molar-refractivity contribution in [2.24, 2.45) is 7.05 Å². The van der Waals surface area contributed by atoms with E-state index in [0.29, 0.717) is 5.92 Å². The fraction of sp³-hybridized carbons (Fsp3) is 0.438. The van der Waals surface area contributed by atoms with Gasteiger partial charge in [0, 0.05) is 24.5 Å². The van der Waals surface area contributed by atoms with Crippen LogP contribution in [-0.4, -0.2) is 9.78 Å². The second kappa shape index (κ2) is 5.47. The van der Waals surface area contributed by atoms with Gasteiger partial charge in [-0.05, 0) is 37.5 Å². The predicted octanol–water partition coefficient (Wildman–Crippen LogP) is 4.03. The Balaban J connectivity index is 2.10. The molecule has 1 atom stereocenters. The third-order valence-electron chi connectivity index (χ3n) is 3.48. The van der Waals surface area contributed by atoms with Gasteiger partial charge >= 0.3 is 0 Å². The highest BCUT2D eigenvalue weighted by Gasteiger charge is 2.11. The Morgan fingerprint density at radius 3 is 2.21 bits per heavy atom. The van der Waals surface area contributed by atoms with Gasteiger partial charge in [0.05, 0.1) is 11.7 Å². The summed E-state index contributed by atoms with van der Waals surface area (Å²) in [5.74, 6) is 0.576. The van der Waals surface area contributed by atoms with Crippen LogP contribution in [-0.2, 0) is 7.05 Å². The molecule has 0 aliphatic rings. The zero-order valence-electron chi connectivity index (χ0n) is 12.4. The van der Waals surface area contributed by atoms with E-state index >= 15 is 0 Å². The molecule has 0 bridgehead atoms. The van der Waals surface area contributed by atoms with Gasteiger partial charge in [-0.3, -0.25) is 4.68 Å². The number of benzene rings is 1. The van der Waals surface area contributed by atoms with Crippen molar-refractivity contribution < 1.29 is 0 Å². The van der Waals surface area contributed by atoms with Crippen LogP contribution in [0.1, 0.15) is 49.6 Å². The minimum Gasteiger partial charge on any atom is -0.378 e. The van der Waals surface area contributed by atoms with Crippen molar-refractivity contribution in [3.63, 3.8) is 0 Å². The van der Waals surface area contributed by atoms with E-state index in [-0.39, 0.29) is 6.04 Å². The van der Waals surface area contributed by atoms with E-state index in [0.717, 1.165) is 11.4 Å². The molecule has 2 rings (SSSR count). The summed E-state index contributed by atoms with van der Waals surface area (Å²) < 4.78 is 1.87. The van der Waals surface area contributed by atoms with Crippen molar-refractivity contribution in [3.05, 3.63) is 47.3 Å². The first-order chi connectivity index (χ1) is 8.97. The lowest BCUT2D eigenvalue weighted by molar-refractivity contribution is 0.756. The lowest BCUT2D eigenvalue weighted by Crippen LogP contribution is -2.07. The van der Waals surface area contributed by atoms with Crippen molar-refractivity contribution in [2.75, 3.05) is 5.32 Å². The number of aromatic nitrogens is 2. The summed E-state index contributed by atoms with van der Waals surface area (Å²) in [4.78, 5) is 0. The Hall–Kier alpha value is -1.77. The monoisotopic (exact) mass is 257 g/mol. The zero-order valence-corrected chi connectivity index (χ0v) is 12.4. The summed E-state index contributed by atoms with van der Waals surface area (Å²) in [6.07, 6.45) is 2.08. The first-order valence-electron chi connectivity index (χ1n) is 6.84. The summed E-state index contributed by atoms with van der Waals surface area (Å²) in [6.45, 7) is 8.64. The van der Waals surface area contributed by atoms with Crippen LogP contribution in [0.3, 0.4) is 0 Å². The van der Waals surface area contributed by atoms with Crippen LogP contribution in [0, 0.1) is 6.92 Å². The van der Waals surface area contributed by atoms with E-state index < -0.39 is 0 Å². The topological polar surface area (TPSA) is 29.9 Å². The molecule has 1 N–H and O–H groups in total. The lowest BCUT2D eigenvalue weighted by atomic mass is 10.0. The van der Waals surface area contributed by atoms with Crippen LogP contribution in [0.15, 0.2) is 30.5 Å². The van der Waals surface area contributed by atoms with Gasteiger partial charge in [-0.1, -0.05) is 26.0 Å². The zero-order chi connectivity index (χ0) is 14.0. The van der Waals surface area contributed by atoms with E-state index in [2.05, 4.69) is 68.6 Å². The molecule has 0 spiro atoms. The second-order valence-electron chi connectivity index (χ2n) is 5.49. The van der Waals surface area contributed by atoms with Gasteiger partial charge in [-0.25, -0.2) is 0 Å². The van der Waals surface area contributed by atoms with Gasteiger partial charge in [0.2, 0.25) is 0 Å². The molecule has 0 fully saturated rings. The second-order valence-corrected chi connectivity index (χ2v) is 5.49. The van der Waals surface area contributed by atoms with Crippen molar-refractivity contribution >= 4 is 5.69 Å². The van der Waals surface area contributed by atoms with Crippen LogP contribution < -0.4 is 5.32 Å². The fourth-order valence-corrected chi connectivity index (χ4v) is 2.34. The van der Waals surface area contributed by atoms with Crippen LogP contribution in [0.25, 0.3) is 0 Å². The summed E-state index contributed by atoms with van der Waals surface area (Å²) in [7, 11) is 1.96. The molecule has 0 amide bonds. The number of nitrogens with one attached hydrogen (secondary N) is 1. The lowest BCUT2D eigenvalue weighted by Gasteiger charge is -2.15. The molecule has 0 radical (unpaired) electrons. The average Bonchev–Trinajstić information content (AvgIpc) is 2.69. The first-order valence-corrected chi connectivity index (χ1v) is 6.84. The van der Waals surface area contributed by atoms with Gasteiger partial charge in [-0.2, -0.15) is 5.10 Å². The number of nitrogens with zero attached hydrogens (tertiary/aromatic N) is 2. The molecule has 3 nitrogen and oxygen atoms in total. The van der Waals surface area contributed by atoms with Crippen LogP contribution in [0.4, 0.5) is 5.69 Å². The molecular formula is C16H23N3. The van der Waals surface area contributed by atoms with E-state index in [1.807, 2.05) is 11.7 Å². The van der Waals surface area contributed by atoms with Gasteiger partial charge in [-0.15, -0.1) is 0 Å². The number of rotatable bonds is 4. The average molecular weight is 257 g/mol. The number of anilines is 1. The standard InChI is InChI=1S/C16H23N3/c1-11(2)14-6-8-15(9-7-14)17-12(3)16-10-19(5)18-13(16)4/h6-12,17H,1-5H3. The molecule has 1 heterocycles. The summed E-state index contributed by atoms with van der Waals surface area (Å²) in [5.41, 5.74) is 4.85. The minimum atomic E-state index is 0.263. The van der Waals surface area contributed by atoms with Crippen LogP contribution >= 0.6 is 0 Å². The summed E-state index contributed by atoms with van der Waals surface area (Å²) >= 11 is 0. The highest BCUT2D eigenvalue weighted by molar-refractivity contribution is 5.47. The molecule has 1 aromatic heterocycles. The molecule has 0 aliphatic carbocycles. The Bertz CT molecular complexity index is 538. The van der Waals surface area contributed by atoms with Crippen molar-refractivity contribution in [2.45, 2.75) is 39.7 Å². The molecule has 1 aromatic carbocycles. The summed E-state index contributed by atoms with van der Waals surface area (Å²) in [5, 5.41) is 7.91. The molecule has 19 heavy (non-hydrogen) atoms. The Morgan fingerprint density at radius 1 is 1.11 bits per heavy atom. The van der Waals surface area contributed by atoms with Gasteiger partial charge in [0.15, 0.2) is 0 Å². The molecule has 2 aromatic rings. The Labute approximate surface area is 115 Å². The van der Waals surface area contributed by atoms with E-state index in [4.69, 9.17) is 0 Å². The third-order valence-corrected chi connectivity index (χ3v) is 3.48. The SMILES string of the molecule is Cc1nn(C)cc1C(C)Nc1ccc(C(C)C)cc1. The van der Waals surface area contributed by atoms with Crippen LogP contribution in [0.5, 0.6) is 0 Å². The number of aryl methyl sites for hydroxylation is 2. The molecule has 1 unspecified atom stereocenters. The van der Waals surface area contributed by atoms with Crippen molar-refractivity contribution in [1.82, 2.24) is 9.78 Å². The maximum Gasteiger partial charge on any atom is 0.0646 e. The molecule has 102 valence electrons. The van der Waals surface area contributed by atoms with Crippen LogP contribution in [0.2, 0.25) is 0 Å². The molecule has 0 saturated heterocycles.